The molecule has 2 nitrogen and oxygen atoms in total. The Balaban J connectivity index is 1.63. The van der Waals surface area contributed by atoms with Gasteiger partial charge in [0.05, 0.1) is 0 Å². The summed E-state index contributed by atoms with van der Waals surface area (Å²) in [5.74, 6) is 2.19. The number of carbonyl (C=O) groups excluding carboxylic acids is 1. The van der Waals surface area contributed by atoms with Crippen LogP contribution in [0.3, 0.4) is 0 Å². The van der Waals surface area contributed by atoms with E-state index >= 15 is 0 Å². The third-order valence-electron chi connectivity index (χ3n) is 5.29. The Labute approximate surface area is 108 Å². The Morgan fingerprint density at radius 2 is 2.06 bits per heavy atom. The lowest BCUT2D eigenvalue weighted by Crippen LogP contribution is -2.38. The van der Waals surface area contributed by atoms with Crippen molar-refractivity contribution in [3.63, 3.8) is 0 Å². The summed E-state index contributed by atoms with van der Waals surface area (Å²) >= 11 is 0. The maximum absolute atomic E-state index is 12.5. The molecule has 1 saturated carbocycles. The number of rotatable bonds is 1. The van der Waals surface area contributed by atoms with Crippen molar-refractivity contribution in [1.82, 2.24) is 5.32 Å². The molecule has 0 spiro atoms. The molecule has 3 aliphatic rings. The highest BCUT2D eigenvalue weighted by Gasteiger charge is 2.46. The summed E-state index contributed by atoms with van der Waals surface area (Å²) in [5.41, 5.74) is 2.24. The summed E-state index contributed by atoms with van der Waals surface area (Å²) in [6.07, 6.45) is 5.00. The first-order valence-corrected chi connectivity index (χ1v) is 7.20. The van der Waals surface area contributed by atoms with Crippen LogP contribution < -0.4 is 5.32 Å². The number of fused-ring (bicyclic) bond motifs is 2. The van der Waals surface area contributed by atoms with Gasteiger partial charge in [-0.1, -0.05) is 30.7 Å². The summed E-state index contributed by atoms with van der Waals surface area (Å²) in [5, 5.41) is 3.64. The molecule has 2 aliphatic carbocycles. The van der Waals surface area contributed by atoms with Gasteiger partial charge in [0.2, 0.25) is 0 Å². The SMILES string of the molecule is O=C1c2ccccc2CC1C1NCC2CCCC21. The first-order chi connectivity index (χ1) is 8.84. The average molecular weight is 241 g/mol. The second-order valence-electron chi connectivity index (χ2n) is 6.12. The third-order valence-corrected chi connectivity index (χ3v) is 5.29. The van der Waals surface area contributed by atoms with Crippen molar-refractivity contribution in [3.05, 3.63) is 35.4 Å². The molecule has 4 rings (SSSR count). The molecule has 1 aliphatic heterocycles. The quantitative estimate of drug-likeness (QED) is 0.818. The number of benzene rings is 1. The maximum Gasteiger partial charge on any atom is 0.168 e. The monoisotopic (exact) mass is 241 g/mol. The Bertz CT molecular complexity index is 496. The normalized spacial score (nSPS) is 37.9. The predicted molar refractivity (Wildman–Crippen MR) is 70.6 cm³/mol. The van der Waals surface area contributed by atoms with Crippen LogP contribution in [0, 0.1) is 17.8 Å². The van der Waals surface area contributed by atoms with Gasteiger partial charge in [0, 0.05) is 17.5 Å². The molecule has 4 atom stereocenters. The van der Waals surface area contributed by atoms with Gasteiger partial charge in [-0.25, -0.2) is 0 Å². The van der Waals surface area contributed by atoms with E-state index in [0.717, 1.165) is 30.4 Å². The molecule has 0 amide bonds. The van der Waals surface area contributed by atoms with Crippen LogP contribution in [0.1, 0.15) is 35.2 Å². The van der Waals surface area contributed by atoms with E-state index in [1.54, 1.807) is 0 Å². The van der Waals surface area contributed by atoms with Gasteiger partial charge >= 0.3 is 0 Å². The number of nitrogens with one attached hydrogen (secondary N) is 1. The van der Waals surface area contributed by atoms with Crippen LogP contribution in [0.5, 0.6) is 0 Å². The molecule has 0 radical (unpaired) electrons. The Morgan fingerprint density at radius 1 is 1.17 bits per heavy atom. The van der Waals surface area contributed by atoms with Crippen LogP contribution >= 0.6 is 0 Å². The molecule has 1 heterocycles. The zero-order valence-corrected chi connectivity index (χ0v) is 10.6. The van der Waals surface area contributed by atoms with Gasteiger partial charge in [-0.2, -0.15) is 0 Å². The molecule has 4 unspecified atom stereocenters. The van der Waals surface area contributed by atoms with E-state index in [1.807, 2.05) is 12.1 Å². The van der Waals surface area contributed by atoms with Crippen molar-refractivity contribution < 1.29 is 4.79 Å². The number of hydrogen-bond donors (Lipinski definition) is 1. The molecule has 2 fully saturated rings. The van der Waals surface area contributed by atoms with Crippen molar-refractivity contribution >= 4 is 5.78 Å². The zero-order chi connectivity index (χ0) is 12.1. The maximum atomic E-state index is 12.5. The van der Waals surface area contributed by atoms with Crippen LogP contribution in [0.25, 0.3) is 0 Å². The first-order valence-electron chi connectivity index (χ1n) is 7.20. The van der Waals surface area contributed by atoms with Crippen molar-refractivity contribution in [2.24, 2.45) is 17.8 Å². The van der Waals surface area contributed by atoms with Crippen LogP contribution in [0.15, 0.2) is 24.3 Å². The fraction of sp³-hybridized carbons (Fsp3) is 0.562. The molecule has 1 aromatic carbocycles. The largest absolute Gasteiger partial charge is 0.313 e. The van der Waals surface area contributed by atoms with Crippen molar-refractivity contribution in [3.8, 4) is 0 Å². The lowest BCUT2D eigenvalue weighted by Gasteiger charge is -2.23. The minimum absolute atomic E-state index is 0.204. The summed E-state index contributed by atoms with van der Waals surface area (Å²) in [7, 11) is 0. The van der Waals surface area contributed by atoms with Gasteiger partial charge in [0.25, 0.3) is 0 Å². The lowest BCUT2D eigenvalue weighted by molar-refractivity contribution is 0.0897. The van der Waals surface area contributed by atoms with Crippen LogP contribution in [0.4, 0.5) is 0 Å². The predicted octanol–water partition coefficient (Wildman–Crippen LogP) is 2.43. The molecule has 0 bridgehead atoms. The van der Waals surface area contributed by atoms with Crippen LogP contribution in [0.2, 0.25) is 0 Å². The van der Waals surface area contributed by atoms with Gasteiger partial charge in [0.1, 0.15) is 0 Å². The van der Waals surface area contributed by atoms with Crippen molar-refractivity contribution in [2.45, 2.75) is 31.7 Å². The van der Waals surface area contributed by atoms with E-state index < -0.39 is 0 Å². The molecular weight excluding hydrogens is 222 g/mol. The summed E-state index contributed by atoms with van der Waals surface area (Å²) in [6, 6.07) is 8.60. The van der Waals surface area contributed by atoms with E-state index in [1.165, 1.54) is 24.8 Å². The van der Waals surface area contributed by atoms with Gasteiger partial charge in [-0.05, 0) is 43.2 Å². The van der Waals surface area contributed by atoms with Gasteiger partial charge in [-0.3, -0.25) is 4.79 Å². The molecule has 2 heteroatoms. The minimum Gasteiger partial charge on any atom is -0.313 e. The van der Waals surface area contributed by atoms with Gasteiger partial charge < -0.3 is 5.32 Å². The Hall–Kier alpha value is -1.15. The molecule has 1 aromatic rings. The second kappa shape index (κ2) is 3.92. The minimum atomic E-state index is 0.204. The van der Waals surface area contributed by atoms with Crippen molar-refractivity contribution in [2.75, 3.05) is 6.54 Å². The highest BCUT2D eigenvalue weighted by Crippen LogP contribution is 2.43. The van der Waals surface area contributed by atoms with Crippen molar-refractivity contribution in [1.29, 1.82) is 0 Å². The smallest absolute Gasteiger partial charge is 0.168 e. The van der Waals surface area contributed by atoms with Gasteiger partial charge in [-0.15, -0.1) is 0 Å². The lowest BCUT2D eigenvalue weighted by atomic mass is 9.84. The number of carbonyl (C=O) groups is 1. The summed E-state index contributed by atoms with van der Waals surface area (Å²) < 4.78 is 0. The number of hydrogen-bond acceptors (Lipinski definition) is 2. The van der Waals surface area contributed by atoms with E-state index in [4.69, 9.17) is 0 Å². The first kappa shape index (κ1) is 10.7. The fourth-order valence-electron chi connectivity index (χ4n) is 4.43. The van der Waals surface area contributed by atoms with Crippen LogP contribution in [-0.2, 0) is 6.42 Å². The number of ketones is 1. The Kier molecular flexibility index (Phi) is 2.34. The highest BCUT2D eigenvalue weighted by atomic mass is 16.1. The molecular formula is C16H19NO. The highest BCUT2D eigenvalue weighted by molar-refractivity contribution is 6.02. The molecule has 1 saturated heterocycles. The van der Waals surface area contributed by atoms with E-state index in [0.29, 0.717) is 11.8 Å². The standard InChI is InChI=1S/C16H19NO/c18-16-13-6-2-1-4-10(13)8-14(16)15-12-7-3-5-11(12)9-17-15/h1-2,4,6,11-12,14-15,17H,3,5,7-9H2. The molecule has 0 aromatic heterocycles. The van der Waals surface area contributed by atoms with Crippen LogP contribution in [-0.4, -0.2) is 18.4 Å². The molecule has 1 N–H and O–H groups in total. The third kappa shape index (κ3) is 1.42. The second-order valence-corrected chi connectivity index (χ2v) is 6.12. The Morgan fingerprint density at radius 3 is 2.94 bits per heavy atom. The van der Waals surface area contributed by atoms with E-state index in [-0.39, 0.29) is 5.92 Å². The van der Waals surface area contributed by atoms with Gasteiger partial charge in [0.15, 0.2) is 5.78 Å². The average Bonchev–Trinajstić information content (AvgIpc) is 3.04. The molecule has 94 valence electrons. The zero-order valence-electron chi connectivity index (χ0n) is 10.6. The summed E-state index contributed by atoms with van der Waals surface area (Å²) in [4.78, 5) is 12.5. The fourth-order valence-corrected chi connectivity index (χ4v) is 4.43. The van der Waals surface area contributed by atoms with E-state index in [2.05, 4.69) is 17.4 Å². The molecule has 18 heavy (non-hydrogen) atoms. The number of Topliss-reactive ketones (excluding diaryl/α,β-unsaturated/α-hetero) is 1. The topological polar surface area (TPSA) is 29.1 Å². The summed E-state index contributed by atoms with van der Waals surface area (Å²) in [6.45, 7) is 1.13. The van der Waals surface area contributed by atoms with E-state index in [9.17, 15) is 4.79 Å².